The van der Waals surface area contributed by atoms with Crippen molar-refractivity contribution in [3.05, 3.63) is 11.9 Å². The summed E-state index contributed by atoms with van der Waals surface area (Å²) in [7, 11) is 7.30. The van der Waals surface area contributed by atoms with Crippen LogP contribution in [0.2, 0.25) is 0 Å². The molecule has 0 fully saturated rings. The predicted molar refractivity (Wildman–Crippen MR) is 80.1 cm³/mol. The van der Waals surface area contributed by atoms with Crippen molar-refractivity contribution in [1.29, 1.82) is 0 Å². The fraction of sp³-hybridized carbons (Fsp3) is 0.769. The first-order valence-corrected chi connectivity index (χ1v) is 6.91. The summed E-state index contributed by atoms with van der Waals surface area (Å²) in [5.74, 6) is 6.36. The topological polar surface area (TPSA) is 86.8 Å². The molecule has 1 aromatic heterocycles. The molecule has 0 aliphatic heterocycles. The van der Waals surface area contributed by atoms with Gasteiger partial charge < -0.3 is 19.1 Å². The zero-order valence-electron chi connectivity index (χ0n) is 13.3. The summed E-state index contributed by atoms with van der Waals surface area (Å²) in [6.07, 6.45) is 1.70. The third-order valence-electron chi connectivity index (χ3n) is 3.07. The van der Waals surface area contributed by atoms with E-state index in [-0.39, 0.29) is 6.04 Å². The number of hydrogen-bond donors (Lipinski definition) is 2. The van der Waals surface area contributed by atoms with Gasteiger partial charge in [-0.3, -0.25) is 10.5 Å². The second-order valence-electron chi connectivity index (χ2n) is 4.91. The molecule has 122 valence electrons. The summed E-state index contributed by atoms with van der Waals surface area (Å²) >= 11 is 0. The number of ether oxygens (including phenoxy) is 3. The monoisotopic (exact) mass is 301 g/mol. The van der Waals surface area contributed by atoms with Gasteiger partial charge in [-0.2, -0.15) is 5.10 Å². The summed E-state index contributed by atoms with van der Waals surface area (Å²) in [6, 6.07) is -0.193. The molecule has 1 aromatic rings. The van der Waals surface area contributed by atoms with Gasteiger partial charge >= 0.3 is 0 Å². The van der Waals surface area contributed by atoms with Crippen molar-refractivity contribution in [3.8, 4) is 5.75 Å². The minimum absolute atomic E-state index is 0.193. The van der Waals surface area contributed by atoms with Crippen LogP contribution < -0.4 is 16.0 Å². The molecule has 0 aliphatic rings. The Morgan fingerprint density at radius 1 is 1.38 bits per heavy atom. The molecule has 0 radical (unpaired) electrons. The molecule has 0 aromatic carbocycles. The highest BCUT2D eigenvalue weighted by molar-refractivity contribution is 5.28. The van der Waals surface area contributed by atoms with Crippen molar-refractivity contribution >= 4 is 0 Å². The molecular weight excluding hydrogens is 274 g/mol. The standard InChI is InChI=1S/C13H27N5O3/c1-17(2)5-6-18-13(12(20-4)9-15-18)11(16-14)10-21-8-7-19-3/h9,11,16H,5-8,10,14H2,1-4H3. The van der Waals surface area contributed by atoms with Crippen molar-refractivity contribution in [2.24, 2.45) is 5.84 Å². The minimum Gasteiger partial charge on any atom is -0.493 e. The van der Waals surface area contributed by atoms with E-state index in [0.29, 0.717) is 25.6 Å². The smallest absolute Gasteiger partial charge is 0.161 e. The molecule has 0 spiro atoms. The van der Waals surface area contributed by atoms with E-state index in [1.54, 1.807) is 20.4 Å². The van der Waals surface area contributed by atoms with E-state index in [4.69, 9.17) is 20.1 Å². The van der Waals surface area contributed by atoms with Crippen molar-refractivity contribution in [3.63, 3.8) is 0 Å². The SMILES string of the molecule is COCCOCC(NN)c1c(OC)cnn1CCN(C)C. The molecule has 1 heterocycles. The minimum atomic E-state index is -0.193. The number of nitrogens with two attached hydrogens (primary N) is 1. The van der Waals surface area contributed by atoms with E-state index in [0.717, 1.165) is 18.8 Å². The first kappa shape index (κ1) is 17.9. The summed E-state index contributed by atoms with van der Waals surface area (Å²) in [4.78, 5) is 2.10. The van der Waals surface area contributed by atoms with Gasteiger partial charge in [0.15, 0.2) is 5.75 Å². The van der Waals surface area contributed by atoms with Gasteiger partial charge in [0.05, 0.1) is 45.7 Å². The lowest BCUT2D eigenvalue weighted by Gasteiger charge is -2.20. The van der Waals surface area contributed by atoms with Crippen LogP contribution in [-0.4, -0.2) is 69.4 Å². The Morgan fingerprint density at radius 3 is 2.71 bits per heavy atom. The quantitative estimate of drug-likeness (QED) is 0.327. The molecule has 0 saturated carbocycles. The second-order valence-corrected chi connectivity index (χ2v) is 4.91. The highest BCUT2D eigenvalue weighted by Crippen LogP contribution is 2.24. The zero-order valence-corrected chi connectivity index (χ0v) is 13.3. The van der Waals surface area contributed by atoms with Crippen LogP contribution in [-0.2, 0) is 16.0 Å². The van der Waals surface area contributed by atoms with E-state index < -0.39 is 0 Å². The molecule has 3 N–H and O–H groups in total. The van der Waals surface area contributed by atoms with Crippen LogP contribution in [0.1, 0.15) is 11.7 Å². The number of methoxy groups -OCH3 is 2. The van der Waals surface area contributed by atoms with Gasteiger partial charge in [0.25, 0.3) is 0 Å². The molecule has 8 heteroatoms. The van der Waals surface area contributed by atoms with Gasteiger partial charge in [-0.05, 0) is 14.1 Å². The van der Waals surface area contributed by atoms with Gasteiger partial charge in [0.2, 0.25) is 0 Å². The molecule has 0 bridgehead atoms. The maximum Gasteiger partial charge on any atom is 0.161 e. The summed E-state index contributed by atoms with van der Waals surface area (Å²) < 4.78 is 17.8. The Labute approximate surface area is 126 Å². The largest absolute Gasteiger partial charge is 0.493 e. The number of hydrogen-bond acceptors (Lipinski definition) is 7. The van der Waals surface area contributed by atoms with Gasteiger partial charge in [-0.15, -0.1) is 0 Å². The highest BCUT2D eigenvalue weighted by atomic mass is 16.5. The van der Waals surface area contributed by atoms with Gasteiger partial charge in [0.1, 0.15) is 5.69 Å². The molecule has 21 heavy (non-hydrogen) atoms. The maximum atomic E-state index is 5.66. The molecule has 0 aliphatic carbocycles. The third-order valence-corrected chi connectivity index (χ3v) is 3.07. The van der Waals surface area contributed by atoms with E-state index in [2.05, 4.69) is 15.4 Å². The van der Waals surface area contributed by atoms with Crippen LogP contribution >= 0.6 is 0 Å². The molecule has 0 saturated heterocycles. The van der Waals surface area contributed by atoms with Gasteiger partial charge in [-0.1, -0.05) is 0 Å². The van der Waals surface area contributed by atoms with E-state index in [9.17, 15) is 0 Å². The Balaban J connectivity index is 2.76. The number of nitrogens with zero attached hydrogens (tertiary/aromatic N) is 3. The Hall–Kier alpha value is -1.19. The third kappa shape index (κ3) is 5.60. The van der Waals surface area contributed by atoms with Crippen molar-refractivity contribution in [2.75, 3.05) is 54.7 Å². The fourth-order valence-corrected chi connectivity index (χ4v) is 1.91. The molecule has 1 unspecified atom stereocenters. The van der Waals surface area contributed by atoms with Crippen LogP contribution in [0.3, 0.4) is 0 Å². The van der Waals surface area contributed by atoms with Crippen molar-refractivity contribution in [2.45, 2.75) is 12.6 Å². The highest BCUT2D eigenvalue weighted by Gasteiger charge is 2.21. The van der Waals surface area contributed by atoms with Crippen LogP contribution in [0.25, 0.3) is 0 Å². The lowest BCUT2D eigenvalue weighted by molar-refractivity contribution is 0.0569. The maximum absolute atomic E-state index is 5.66. The fourth-order valence-electron chi connectivity index (χ4n) is 1.91. The lowest BCUT2D eigenvalue weighted by atomic mass is 10.2. The van der Waals surface area contributed by atoms with Crippen molar-refractivity contribution < 1.29 is 14.2 Å². The molecule has 0 amide bonds. The average Bonchev–Trinajstić information content (AvgIpc) is 2.88. The van der Waals surface area contributed by atoms with E-state index >= 15 is 0 Å². The van der Waals surface area contributed by atoms with Crippen LogP contribution in [0.5, 0.6) is 5.75 Å². The number of hydrazine groups is 1. The predicted octanol–water partition coefficient (Wildman–Crippen LogP) is -0.379. The number of likely N-dealkylation sites (N-methyl/N-ethyl adjacent to an activating group) is 1. The van der Waals surface area contributed by atoms with E-state index in [1.807, 2.05) is 18.8 Å². The molecule has 1 atom stereocenters. The summed E-state index contributed by atoms with van der Waals surface area (Å²) in [5.41, 5.74) is 3.65. The average molecular weight is 301 g/mol. The van der Waals surface area contributed by atoms with Gasteiger partial charge in [0, 0.05) is 13.7 Å². The number of rotatable bonds is 11. The first-order chi connectivity index (χ1) is 10.1. The Morgan fingerprint density at radius 2 is 2.14 bits per heavy atom. The summed E-state index contributed by atoms with van der Waals surface area (Å²) in [6.45, 7) is 3.11. The molecular formula is C13H27N5O3. The molecule has 8 nitrogen and oxygen atoms in total. The first-order valence-electron chi connectivity index (χ1n) is 6.91. The van der Waals surface area contributed by atoms with Crippen LogP contribution in [0.15, 0.2) is 6.20 Å². The van der Waals surface area contributed by atoms with Crippen LogP contribution in [0, 0.1) is 0 Å². The van der Waals surface area contributed by atoms with Crippen LogP contribution in [0.4, 0.5) is 0 Å². The van der Waals surface area contributed by atoms with Crippen molar-refractivity contribution in [1.82, 2.24) is 20.1 Å². The second kappa shape index (κ2) is 9.69. The Kier molecular flexibility index (Phi) is 8.24. The summed E-state index contributed by atoms with van der Waals surface area (Å²) in [5, 5.41) is 4.36. The number of nitrogens with one attached hydrogen (secondary N) is 1. The number of aromatic nitrogens is 2. The molecule has 1 rings (SSSR count). The normalized spacial score (nSPS) is 12.9. The Bertz CT molecular complexity index is 397. The lowest BCUT2D eigenvalue weighted by Crippen LogP contribution is -2.34. The zero-order chi connectivity index (χ0) is 15.7. The van der Waals surface area contributed by atoms with E-state index in [1.165, 1.54) is 0 Å². The van der Waals surface area contributed by atoms with Gasteiger partial charge in [-0.25, -0.2) is 5.43 Å².